The van der Waals surface area contributed by atoms with E-state index in [9.17, 15) is 8.42 Å². The second-order valence-electron chi connectivity index (χ2n) is 3.99. The second-order valence-corrected chi connectivity index (χ2v) is 7.71. The van der Waals surface area contributed by atoms with Crippen LogP contribution in [0.2, 0.25) is 5.02 Å². The summed E-state index contributed by atoms with van der Waals surface area (Å²) in [5, 5.41) is 0.520. The molecule has 0 aliphatic carbocycles. The molecule has 1 aromatic carbocycles. The van der Waals surface area contributed by atoms with Gasteiger partial charge < -0.3 is 0 Å². The molecule has 0 aliphatic rings. The Bertz CT molecular complexity index is 459. The molecule has 0 fully saturated rings. The molecule has 3 nitrogen and oxygen atoms in total. The molecule has 0 heterocycles. The van der Waals surface area contributed by atoms with Gasteiger partial charge in [-0.3, -0.25) is 0 Å². The Morgan fingerprint density at radius 1 is 1.29 bits per heavy atom. The summed E-state index contributed by atoms with van der Waals surface area (Å²) in [6, 6.07) is 6.00. The quantitative estimate of drug-likeness (QED) is 0.837. The zero-order chi connectivity index (χ0) is 13.1. The lowest BCUT2D eigenvalue weighted by atomic mass is 10.2. The highest BCUT2D eigenvalue weighted by molar-refractivity contribution is 9.09. The molecule has 0 amide bonds. The van der Waals surface area contributed by atoms with E-state index >= 15 is 0 Å². The number of hydrogen-bond acceptors (Lipinski definition) is 2. The summed E-state index contributed by atoms with van der Waals surface area (Å²) in [5.41, 5.74) is 0. The molecule has 0 radical (unpaired) electrons. The summed E-state index contributed by atoms with van der Waals surface area (Å²) < 4.78 is 26.6. The van der Waals surface area contributed by atoms with Gasteiger partial charge in [-0.1, -0.05) is 34.5 Å². The van der Waals surface area contributed by atoms with Crippen molar-refractivity contribution in [2.24, 2.45) is 0 Å². The summed E-state index contributed by atoms with van der Waals surface area (Å²) in [7, 11) is -3.45. The van der Waals surface area contributed by atoms with E-state index in [1.165, 1.54) is 12.1 Å². The Labute approximate surface area is 116 Å². The average molecular weight is 341 g/mol. The predicted molar refractivity (Wildman–Crippen MR) is 74.2 cm³/mol. The topological polar surface area (TPSA) is 46.2 Å². The van der Waals surface area contributed by atoms with E-state index in [1.807, 2.05) is 13.8 Å². The summed E-state index contributed by atoms with van der Waals surface area (Å²) in [6.45, 7) is 3.82. The minimum absolute atomic E-state index is 0.120. The molecule has 0 saturated carbocycles. The SMILES string of the molecule is CC(Br)CC(C)NS(=O)(=O)c1ccc(Cl)cc1. The van der Waals surface area contributed by atoms with Crippen molar-refractivity contribution in [3.8, 4) is 0 Å². The zero-order valence-corrected chi connectivity index (χ0v) is 12.8. The Morgan fingerprint density at radius 3 is 2.29 bits per heavy atom. The predicted octanol–water partition coefficient (Wildman–Crippen LogP) is 3.18. The fraction of sp³-hybridized carbons (Fsp3) is 0.455. The first kappa shape index (κ1) is 15.0. The highest BCUT2D eigenvalue weighted by Crippen LogP contribution is 2.15. The minimum Gasteiger partial charge on any atom is -0.208 e. The summed E-state index contributed by atoms with van der Waals surface area (Å²) in [5.74, 6) is 0. The van der Waals surface area contributed by atoms with Crippen molar-refractivity contribution in [2.75, 3.05) is 0 Å². The minimum atomic E-state index is -3.45. The molecule has 0 aromatic heterocycles. The molecular weight excluding hydrogens is 326 g/mol. The fourth-order valence-corrected chi connectivity index (χ4v) is 3.43. The largest absolute Gasteiger partial charge is 0.240 e. The van der Waals surface area contributed by atoms with Crippen molar-refractivity contribution < 1.29 is 8.42 Å². The van der Waals surface area contributed by atoms with Crippen LogP contribution in [0.15, 0.2) is 29.2 Å². The van der Waals surface area contributed by atoms with E-state index in [1.54, 1.807) is 12.1 Å². The van der Waals surface area contributed by atoms with Gasteiger partial charge in [-0.15, -0.1) is 0 Å². The third-order valence-electron chi connectivity index (χ3n) is 2.16. The molecule has 1 rings (SSSR count). The van der Waals surface area contributed by atoms with Gasteiger partial charge in [-0.25, -0.2) is 13.1 Å². The van der Waals surface area contributed by atoms with Crippen LogP contribution in [0.1, 0.15) is 20.3 Å². The molecule has 0 aliphatic heterocycles. The van der Waals surface area contributed by atoms with Crippen LogP contribution in [0.3, 0.4) is 0 Å². The molecule has 2 atom stereocenters. The average Bonchev–Trinajstić information content (AvgIpc) is 2.15. The van der Waals surface area contributed by atoms with Gasteiger partial charge in [0, 0.05) is 15.9 Å². The summed E-state index contributed by atoms with van der Waals surface area (Å²) in [6.07, 6.45) is 0.729. The van der Waals surface area contributed by atoms with Crippen LogP contribution in [0.4, 0.5) is 0 Å². The monoisotopic (exact) mass is 339 g/mol. The molecule has 2 unspecified atom stereocenters. The van der Waals surface area contributed by atoms with Crippen molar-refractivity contribution in [2.45, 2.75) is 36.0 Å². The number of halogens is 2. The summed E-state index contributed by atoms with van der Waals surface area (Å²) >= 11 is 9.11. The summed E-state index contributed by atoms with van der Waals surface area (Å²) in [4.78, 5) is 0.501. The van der Waals surface area contributed by atoms with Crippen LogP contribution in [-0.4, -0.2) is 19.3 Å². The van der Waals surface area contributed by atoms with Crippen molar-refractivity contribution in [3.05, 3.63) is 29.3 Å². The smallest absolute Gasteiger partial charge is 0.208 e. The zero-order valence-electron chi connectivity index (χ0n) is 9.65. The van der Waals surface area contributed by atoms with Gasteiger partial charge >= 0.3 is 0 Å². The van der Waals surface area contributed by atoms with Crippen LogP contribution < -0.4 is 4.72 Å². The van der Waals surface area contributed by atoms with Crippen molar-refractivity contribution in [3.63, 3.8) is 0 Å². The van der Waals surface area contributed by atoms with Crippen LogP contribution in [0.5, 0.6) is 0 Å². The molecular formula is C11H15BrClNO2S. The van der Waals surface area contributed by atoms with Gasteiger partial charge in [-0.05, 0) is 37.6 Å². The number of rotatable bonds is 5. The number of nitrogens with one attached hydrogen (secondary N) is 1. The van der Waals surface area contributed by atoms with E-state index in [-0.39, 0.29) is 15.8 Å². The Hall–Kier alpha value is -0.100. The Balaban J connectivity index is 2.78. The highest BCUT2D eigenvalue weighted by atomic mass is 79.9. The molecule has 1 N–H and O–H groups in total. The maximum Gasteiger partial charge on any atom is 0.240 e. The Morgan fingerprint density at radius 2 is 1.82 bits per heavy atom. The lowest BCUT2D eigenvalue weighted by Gasteiger charge is -2.15. The molecule has 96 valence electrons. The molecule has 6 heteroatoms. The third-order valence-corrected chi connectivity index (χ3v) is 4.39. The van der Waals surface area contributed by atoms with Crippen LogP contribution in [-0.2, 0) is 10.0 Å². The first-order valence-corrected chi connectivity index (χ1v) is 8.01. The van der Waals surface area contributed by atoms with E-state index in [2.05, 4.69) is 20.7 Å². The van der Waals surface area contributed by atoms with E-state index < -0.39 is 10.0 Å². The molecule has 17 heavy (non-hydrogen) atoms. The fourth-order valence-electron chi connectivity index (χ4n) is 1.48. The number of hydrogen-bond donors (Lipinski definition) is 1. The molecule has 0 bridgehead atoms. The molecule has 0 saturated heterocycles. The van der Waals surface area contributed by atoms with Gasteiger partial charge in [0.25, 0.3) is 0 Å². The van der Waals surface area contributed by atoms with E-state index in [0.29, 0.717) is 5.02 Å². The van der Waals surface area contributed by atoms with Crippen LogP contribution >= 0.6 is 27.5 Å². The lowest BCUT2D eigenvalue weighted by molar-refractivity contribution is 0.548. The molecule has 0 spiro atoms. The van der Waals surface area contributed by atoms with Gasteiger partial charge in [0.05, 0.1) is 4.90 Å². The van der Waals surface area contributed by atoms with Crippen LogP contribution in [0.25, 0.3) is 0 Å². The lowest BCUT2D eigenvalue weighted by Crippen LogP contribution is -2.33. The Kier molecular flexibility index (Phi) is 5.44. The van der Waals surface area contributed by atoms with Gasteiger partial charge in [-0.2, -0.15) is 0 Å². The first-order valence-electron chi connectivity index (χ1n) is 5.23. The normalized spacial score (nSPS) is 15.5. The standard InChI is InChI=1S/C11H15BrClNO2S/c1-8(12)7-9(2)14-17(15,16)11-5-3-10(13)4-6-11/h3-6,8-9,14H,7H2,1-2H3. The van der Waals surface area contributed by atoms with Crippen molar-refractivity contribution in [1.29, 1.82) is 0 Å². The van der Waals surface area contributed by atoms with Crippen molar-refractivity contribution in [1.82, 2.24) is 4.72 Å². The molecule has 1 aromatic rings. The number of benzene rings is 1. The van der Waals surface area contributed by atoms with Gasteiger partial charge in [0.1, 0.15) is 0 Å². The highest BCUT2D eigenvalue weighted by Gasteiger charge is 2.17. The van der Waals surface area contributed by atoms with Crippen molar-refractivity contribution >= 4 is 37.6 Å². The number of alkyl halides is 1. The second kappa shape index (κ2) is 6.18. The van der Waals surface area contributed by atoms with E-state index in [0.717, 1.165) is 6.42 Å². The van der Waals surface area contributed by atoms with Gasteiger partial charge in [0.2, 0.25) is 10.0 Å². The number of sulfonamides is 1. The first-order chi connectivity index (χ1) is 7.81. The van der Waals surface area contributed by atoms with Gasteiger partial charge in [0.15, 0.2) is 0 Å². The third kappa shape index (κ3) is 4.95. The van der Waals surface area contributed by atoms with Crippen LogP contribution in [0, 0.1) is 0 Å². The van der Waals surface area contributed by atoms with E-state index in [4.69, 9.17) is 11.6 Å². The maximum atomic E-state index is 12.0. The maximum absolute atomic E-state index is 12.0.